The predicted molar refractivity (Wildman–Crippen MR) is 50.6 cm³/mol. The molecule has 0 aliphatic carbocycles. The first-order valence-corrected chi connectivity index (χ1v) is 4.81. The van der Waals surface area contributed by atoms with Crippen LogP contribution in [0.2, 0.25) is 0 Å². The third kappa shape index (κ3) is 1.25. The van der Waals surface area contributed by atoms with Crippen LogP contribution in [0, 0.1) is 6.92 Å². The molecule has 1 nitrogen and oxygen atoms in total. The van der Waals surface area contributed by atoms with Gasteiger partial charge in [0.15, 0.2) is 6.20 Å². The summed E-state index contributed by atoms with van der Waals surface area (Å²) < 4.78 is 2.14. The highest BCUT2D eigenvalue weighted by atomic mass is 32.1. The van der Waals surface area contributed by atoms with Gasteiger partial charge < -0.3 is 0 Å². The smallest absolute Gasteiger partial charge is 0.157 e. The molecule has 60 valence electrons. The lowest BCUT2D eigenvalue weighted by molar-refractivity contribution is -0.590. The molecule has 0 unspecified atom stereocenters. The third-order valence-electron chi connectivity index (χ3n) is 1.87. The zero-order valence-corrected chi connectivity index (χ0v) is 7.71. The van der Waals surface area contributed by atoms with Gasteiger partial charge in [-0.2, -0.15) is 4.57 Å². The van der Waals surface area contributed by atoms with E-state index in [-0.39, 0.29) is 0 Å². The van der Waals surface area contributed by atoms with Crippen LogP contribution >= 0.6 is 11.3 Å². The van der Waals surface area contributed by atoms with E-state index in [9.17, 15) is 0 Å². The van der Waals surface area contributed by atoms with Crippen LogP contribution in [0.1, 0.15) is 5.56 Å². The number of nitrogens with zero attached hydrogens (tertiary/aromatic N) is 1. The Hall–Kier alpha value is -1.15. The number of aryl methyl sites for hydroxylation is 1. The van der Waals surface area contributed by atoms with E-state index in [0.717, 1.165) is 0 Å². The fourth-order valence-electron chi connectivity index (χ4n) is 1.23. The number of thiazole rings is 1. The number of rotatable bonds is 1. The molecule has 0 saturated carbocycles. The molecule has 0 bridgehead atoms. The van der Waals surface area contributed by atoms with Gasteiger partial charge in [-0.05, 0) is 6.92 Å². The van der Waals surface area contributed by atoms with Gasteiger partial charge in [0.1, 0.15) is 0 Å². The summed E-state index contributed by atoms with van der Waals surface area (Å²) in [6, 6.07) is 8.38. The Balaban J connectivity index is 2.55. The largest absolute Gasteiger partial charge is 0.230 e. The second-order valence-corrected chi connectivity index (χ2v) is 3.48. The minimum atomic E-state index is 1.26. The maximum Gasteiger partial charge on any atom is 0.230 e. The molecule has 2 heteroatoms. The Labute approximate surface area is 75.9 Å². The van der Waals surface area contributed by atoms with Gasteiger partial charge in [0, 0.05) is 11.6 Å². The molecule has 0 radical (unpaired) electrons. The molecule has 0 aliphatic rings. The monoisotopic (exact) mass is 176 g/mol. The number of benzene rings is 1. The molecule has 0 atom stereocenters. The van der Waals surface area contributed by atoms with Gasteiger partial charge in [-0.1, -0.05) is 29.5 Å². The summed E-state index contributed by atoms with van der Waals surface area (Å²) in [6.07, 6.45) is 2.08. The molecule has 0 N–H and O–H groups in total. The lowest BCUT2D eigenvalue weighted by Gasteiger charge is -1.94. The second-order valence-electron chi connectivity index (χ2n) is 2.72. The fourth-order valence-corrected chi connectivity index (χ4v) is 1.81. The quantitative estimate of drug-likeness (QED) is 0.587. The minimum Gasteiger partial charge on any atom is -0.157 e. The summed E-state index contributed by atoms with van der Waals surface area (Å²) in [6.45, 7) is 2.12. The minimum absolute atomic E-state index is 1.26. The number of aromatic nitrogens is 1. The van der Waals surface area contributed by atoms with Crippen LogP contribution in [0.5, 0.6) is 0 Å². The first kappa shape index (κ1) is 7.50. The topological polar surface area (TPSA) is 3.88 Å². The van der Waals surface area contributed by atoms with E-state index in [1.165, 1.54) is 11.3 Å². The summed E-state index contributed by atoms with van der Waals surface area (Å²) in [7, 11) is 0. The van der Waals surface area contributed by atoms with Gasteiger partial charge in [-0.15, -0.1) is 0 Å². The molecule has 2 aromatic rings. The maximum absolute atomic E-state index is 2.14. The van der Waals surface area contributed by atoms with Gasteiger partial charge in [-0.25, -0.2) is 0 Å². The van der Waals surface area contributed by atoms with Gasteiger partial charge in [0.2, 0.25) is 11.2 Å². The van der Waals surface area contributed by atoms with Crippen LogP contribution in [-0.4, -0.2) is 0 Å². The van der Waals surface area contributed by atoms with Crippen molar-refractivity contribution in [3.8, 4) is 5.69 Å². The van der Waals surface area contributed by atoms with Crippen LogP contribution in [0.4, 0.5) is 0 Å². The average Bonchev–Trinajstić information content (AvgIpc) is 2.57. The molecule has 0 amide bonds. The van der Waals surface area contributed by atoms with Crippen LogP contribution in [0.15, 0.2) is 41.4 Å². The lowest BCUT2D eigenvalue weighted by atomic mass is 10.2. The maximum atomic E-state index is 2.14. The molecule has 1 aromatic heterocycles. The van der Waals surface area contributed by atoms with Crippen molar-refractivity contribution in [1.29, 1.82) is 0 Å². The average molecular weight is 176 g/mol. The van der Waals surface area contributed by atoms with Crippen molar-refractivity contribution in [2.45, 2.75) is 6.92 Å². The number of hydrogen-bond acceptors (Lipinski definition) is 1. The molecule has 1 aromatic carbocycles. The summed E-state index contributed by atoms with van der Waals surface area (Å²) >= 11 is 1.71. The van der Waals surface area contributed by atoms with E-state index in [4.69, 9.17) is 0 Å². The molecule has 1 heterocycles. The summed E-state index contributed by atoms with van der Waals surface area (Å²) in [5, 5.41) is 2.08. The zero-order valence-electron chi connectivity index (χ0n) is 6.90. The van der Waals surface area contributed by atoms with E-state index < -0.39 is 0 Å². The fraction of sp³-hybridized carbons (Fsp3) is 0.100. The molecule has 0 aliphatic heterocycles. The van der Waals surface area contributed by atoms with Crippen molar-refractivity contribution >= 4 is 11.3 Å². The molecule has 12 heavy (non-hydrogen) atoms. The van der Waals surface area contributed by atoms with Crippen LogP contribution < -0.4 is 4.57 Å². The Morgan fingerprint density at radius 3 is 2.75 bits per heavy atom. The van der Waals surface area contributed by atoms with Crippen molar-refractivity contribution in [3.63, 3.8) is 0 Å². The second kappa shape index (κ2) is 3.07. The van der Waals surface area contributed by atoms with Gasteiger partial charge in [-0.3, -0.25) is 0 Å². The van der Waals surface area contributed by atoms with E-state index in [0.29, 0.717) is 0 Å². The highest BCUT2D eigenvalue weighted by Crippen LogP contribution is 2.06. The summed E-state index contributed by atoms with van der Waals surface area (Å²) in [5.74, 6) is 0. The SMILES string of the molecule is Cc1ccccc1-[n+]1ccsc1. The first-order chi connectivity index (χ1) is 5.88. The third-order valence-corrected chi connectivity index (χ3v) is 2.50. The summed E-state index contributed by atoms with van der Waals surface area (Å²) in [4.78, 5) is 0. The number of para-hydroxylation sites is 1. The van der Waals surface area contributed by atoms with Crippen LogP contribution in [-0.2, 0) is 0 Å². The molecule has 0 fully saturated rings. The molecular weight excluding hydrogens is 166 g/mol. The standard InChI is InChI=1S/C10H10NS/c1-9-4-2-3-5-10(9)11-6-7-12-8-11/h2-8H,1H3/q+1. The van der Waals surface area contributed by atoms with Crippen molar-refractivity contribution in [3.05, 3.63) is 46.9 Å². The Kier molecular flexibility index (Phi) is 1.92. The zero-order chi connectivity index (χ0) is 8.39. The molecule has 2 rings (SSSR count). The van der Waals surface area contributed by atoms with Crippen molar-refractivity contribution in [2.24, 2.45) is 0 Å². The van der Waals surface area contributed by atoms with Crippen molar-refractivity contribution in [2.75, 3.05) is 0 Å². The van der Waals surface area contributed by atoms with Crippen LogP contribution in [0.25, 0.3) is 5.69 Å². The lowest BCUT2D eigenvalue weighted by Crippen LogP contribution is -2.27. The Morgan fingerprint density at radius 2 is 2.08 bits per heavy atom. The van der Waals surface area contributed by atoms with E-state index in [1.807, 2.05) is 0 Å². The first-order valence-electron chi connectivity index (χ1n) is 3.87. The highest BCUT2D eigenvalue weighted by Gasteiger charge is 2.07. The molecule has 0 saturated heterocycles. The molecule has 0 spiro atoms. The predicted octanol–water partition coefficient (Wildman–Crippen LogP) is 2.33. The van der Waals surface area contributed by atoms with Gasteiger partial charge in [0.25, 0.3) is 0 Å². The highest BCUT2D eigenvalue weighted by molar-refractivity contribution is 7.07. The Bertz CT molecular complexity index is 365. The normalized spacial score (nSPS) is 10.1. The van der Waals surface area contributed by atoms with Gasteiger partial charge >= 0.3 is 0 Å². The van der Waals surface area contributed by atoms with E-state index in [1.54, 1.807) is 11.3 Å². The number of hydrogen-bond donors (Lipinski definition) is 0. The van der Waals surface area contributed by atoms with Crippen molar-refractivity contribution in [1.82, 2.24) is 0 Å². The van der Waals surface area contributed by atoms with Crippen molar-refractivity contribution < 1.29 is 4.57 Å². The van der Waals surface area contributed by atoms with E-state index in [2.05, 4.69) is 52.8 Å². The Morgan fingerprint density at radius 1 is 1.25 bits per heavy atom. The van der Waals surface area contributed by atoms with Gasteiger partial charge in [0.05, 0.1) is 5.38 Å². The van der Waals surface area contributed by atoms with E-state index >= 15 is 0 Å². The van der Waals surface area contributed by atoms with Crippen LogP contribution in [0.3, 0.4) is 0 Å². The molecular formula is C10H10NS+. The summed E-state index contributed by atoms with van der Waals surface area (Å²) in [5.41, 5.74) is 4.67.